The summed E-state index contributed by atoms with van der Waals surface area (Å²) in [5, 5.41) is 10.6. The van der Waals surface area contributed by atoms with E-state index >= 15 is 0 Å². The lowest BCUT2D eigenvalue weighted by Crippen LogP contribution is -2.54. The van der Waals surface area contributed by atoms with Crippen LogP contribution in [0.2, 0.25) is 0 Å². The molecule has 0 saturated carbocycles. The second-order valence-electron chi connectivity index (χ2n) is 4.89. The van der Waals surface area contributed by atoms with E-state index in [0.717, 1.165) is 6.26 Å². The molecule has 116 valence electrons. The quantitative estimate of drug-likeness (QED) is 0.813. The topological polar surface area (TPSA) is 101 Å². The van der Waals surface area contributed by atoms with E-state index in [4.69, 9.17) is 0 Å². The Kier molecular flexibility index (Phi) is 5.11. The standard InChI is InChI=1S/C14H19NO5S/c1-4-14(13(17)18,11-8-6-5-7-9-11)15-12(16)10(2)21(3,19)20/h5-10H,4H2,1-3H3,(H,15,16)(H,17,18). The molecule has 6 nitrogen and oxygen atoms in total. The highest BCUT2D eigenvalue weighted by atomic mass is 32.2. The van der Waals surface area contributed by atoms with Gasteiger partial charge in [0, 0.05) is 6.26 Å². The van der Waals surface area contributed by atoms with Gasteiger partial charge >= 0.3 is 5.97 Å². The molecule has 1 rings (SSSR count). The Morgan fingerprint density at radius 3 is 2.19 bits per heavy atom. The number of benzene rings is 1. The molecule has 0 aliphatic rings. The van der Waals surface area contributed by atoms with Gasteiger partial charge < -0.3 is 10.4 Å². The van der Waals surface area contributed by atoms with Crippen LogP contribution in [-0.2, 0) is 25.0 Å². The molecule has 1 aromatic carbocycles. The Morgan fingerprint density at radius 1 is 1.29 bits per heavy atom. The summed E-state index contributed by atoms with van der Waals surface area (Å²) in [7, 11) is -3.60. The molecule has 0 aliphatic heterocycles. The van der Waals surface area contributed by atoms with Crippen LogP contribution in [0, 0.1) is 0 Å². The normalized spacial score (nSPS) is 15.8. The fraction of sp³-hybridized carbons (Fsp3) is 0.429. The van der Waals surface area contributed by atoms with Gasteiger partial charge in [-0.3, -0.25) is 4.79 Å². The number of carbonyl (C=O) groups is 2. The number of carbonyl (C=O) groups excluding carboxylic acids is 1. The van der Waals surface area contributed by atoms with Crippen molar-refractivity contribution in [1.29, 1.82) is 0 Å². The van der Waals surface area contributed by atoms with E-state index in [1.54, 1.807) is 37.3 Å². The molecule has 0 radical (unpaired) electrons. The maximum absolute atomic E-state index is 12.1. The molecule has 0 bridgehead atoms. The number of hydrogen-bond acceptors (Lipinski definition) is 4. The van der Waals surface area contributed by atoms with Gasteiger partial charge in [0.2, 0.25) is 5.91 Å². The first kappa shape index (κ1) is 17.2. The number of nitrogens with one attached hydrogen (secondary N) is 1. The average Bonchev–Trinajstić information content (AvgIpc) is 2.43. The number of rotatable bonds is 6. The predicted molar refractivity (Wildman–Crippen MR) is 78.5 cm³/mol. The lowest BCUT2D eigenvalue weighted by molar-refractivity contribution is -0.148. The highest BCUT2D eigenvalue weighted by Crippen LogP contribution is 2.26. The third-order valence-electron chi connectivity index (χ3n) is 3.51. The third kappa shape index (κ3) is 3.60. The predicted octanol–water partition coefficient (Wildman–Crippen LogP) is 0.926. The Balaban J connectivity index is 3.23. The maximum atomic E-state index is 12.1. The van der Waals surface area contributed by atoms with Gasteiger partial charge in [0.05, 0.1) is 0 Å². The van der Waals surface area contributed by atoms with Gasteiger partial charge in [-0.05, 0) is 18.9 Å². The monoisotopic (exact) mass is 313 g/mol. The zero-order valence-corrected chi connectivity index (χ0v) is 13.0. The highest BCUT2D eigenvalue weighted by Gasteiger charge is 2.42. The van der Waals surface area contributed by atoms with Crippen molar-refractivity contribution in [2.45, 2.75) is 31.1 Å². The fourth-order valence-corrected chi connectivity index (χ4v) is 2.37. The SMILES string of the molecule is CCC(NC(=O)C(C)S(C)(=O)=O)(C(=O)O)c1ccccc1. The molecule has 0 saturated heterocycles. The van der Waals surface area contributed by atoms with E-state index in [-0.39, 0.29) is 6.42 Å². The number of sulfone groups is 1. The summed E-state index contributed by atoms with van der Waals surface area (Å²) in [5.41, 5.74) is -1.24. The molecule has 0 fully saturated rings. The minimum absolute atomic E-state index is 0.0918. The van der Waals surface area contributed by atoms with Crippen LogP contribution < -0.4 is 5.32 Å². The zero-order chi connectivity index (χ0) is 16.3. The van der Waals surface area contributed by atoms with E-state index in [0.29, 0.717) is 5.56 Å². The highest BCUT2D eigenvalue weighted by molar-refractivity contribution is 7.92. The summed E-state index contributed by atoms with van der Waals surface area (Å²) < 4.78 is 22.9. The van der Waals surface area contributed by atoms with Crippen LogP contribution in [0.4, 0.5) is 0 Å². The van der Waals surface area contributed by atoms with Crippen molar-refractivity contribution in [3.8, 4) is 0 Å². The summed E-state index contributed by atoms with van der Waals surface area (Å²) >= 11 is 0. The summed E-state index contributed by atoms with van der Waals surface area (Å²) in [6, 6.07) is 8.22. The van der Waals surface area contributed by atoms with Gasteiger partial charge in [0.1, 0.15) is 5.25 Å². The Bertz CT molecular complexity index is 626. The van der Waals surface area contributed by atoms with E-state index < -0.39 is 32.5 Å². The average molecular weight is 313 g/mol. The van der Waals surface area contributed by atoms with Gasteiger partial charge in [-0.15, -0.1) is 0 Å². The Labute approximate surface area is 124 Å². The molecular formula is C14H19NO5S. The van der Waals surface area contributed by atoms with Gasteiger partial charge in [-0.1, -0.05) is 37.3 Å². The summed E-state index contributed by atoms with van der Waals surface area (Å²) in [5.74, 6) is -2.06. The smallest absolute Gasteiger partial charge is 0.334 e. The van der Waals surface area contributed by atoms with E-state index in [1.807, 2.05) is 0 Å². The van der Waals surface area contributed by atoms with Gasteiger partial charge in [0.25, 0.3) is 0 Å². The first-order chi connectivity index (χ1) is 9.65. The minimum Gasteiger partial charge on any atom is -0.479 e. The Hall–Kier alpha value is -1.89. The van der Waals surface area contributed by atoms with E-state index in [9.17, 15) is 23.1 Å². The largest absolute Gasteiger partial charge is 0.479 e. The third-order valence-corrected chi connectivity index (χ3v) is 5.01. The number of hydrogen-bond donors (Lipinski definition) is 2. The van der Waals surface area contributed by atoms with Crippen LogP contribution in [0.1, 0.15) is 25.8 Å². The Morgan fingerprint density at radius 2 is 1.81 bits per heavy atom. The summed E-state index contributed by atoms with van der Waals surface area (Å²) in [4.78, 5) is 23.8. The lowest BCUT2D eigenvalue weighted by Gasteiger charge is -2.31. The molecule has 0 spiro atoms. The number of carboxylic acid groups (broad SMARTS) is 1. The number of amides is 1. The van der Waals surface area contributed by atoms with Crippen LogP contribution in [-0.4, -0.2) is 36.9 Å². The van der Waals surface area contributed by atoms with E-state index in [1.165, 1.54) is 6.92 Å². The molecule has 0 aliphatic carbocycles. The molecule has 0 heterocycles. The summed E-state index contributed by atoms with van der Waals surface area (Å²) in [6.45, 7) is 2.85. The molecule has 2 N–H and O–H groups in total. The molecular weight excluding hydrogens is 294 g/mol. The molecule has 7 heteroatoms. The molecule has 1 amide bonds. The van der Waals surface area contributed by atoms with Gasteiger partial charge in [-0.2, -0.15) is 0 Å². The summed E-state index contributed by atoms with van der Waals surface area (Å²) in [6.07, 6.45) is 1.03. The van der Waals surface area contributed by atoms with Crippen molar-refractivity contribution in [1.82, 2.24) is 5.32 Å². The molecule has 2 atom stereocenters. The zero-order valence-electron chi connectivity index (χ0n) is 12.2. The fourth-order valence-electron chi connectivity index (χ4n) is 1.92. The minimum atomic E-state index is -3.60. The molecule has 21 heavy (non-hydrogen) atoms. The van der Waals surface area contributed by atoms with Crippen molar-refractivity contribution < 1.29 is 23.1 Å². The van der Waals surface area contributed by atoms with Crippen molar-refractivity contribution in [2.24, 2.45) is 0 Å². The van der Waals surface area contributed by atoms with Crippen molar-refractivity contribution in [3.05, 3.63) is 35.9 Å². The van der Waals surface area contributed by atoms with Crippen LogP contribution in [0.5, 0.6) is 0 Å². The van der Waals surface area contributed by atoms with Crippen molar-refractivity contribution >= 4 is 21.7 Å². The number of aliphatic carboxylic acids is 1. The van der Waals surface area contributed by atoms with Crippen LogP contribution in [0.15, 0.2) is 30.3 Å². The van der Waals surface area contributed by atoms with Gasteiger partial charge in [-0.25, -0.2) is 13.2 Å². The second-order valence-corrected chi connectivity index (χ2v) is 7.26. The maximum Gasteiger partial charge on any atom is 0.334 e. The second kappa shape index (κ2) is 6.26. The lowest BCUT2D eigenvalue weighted by atomic mass is 9.87. The van der Waals surface area contributed by atoms with Crippen LogP contribution >= 0.6 is 0 Å². The molecule has 1 aromatic rings. The van der Waals surface area contributed by atoms with E-state index in [2.05, 4.69) is 5.32 Å². The van der Waals surface area contributed by atoms with Crippen molar-refractivity contribution in [2.75, 3.05) is 6.26 Å². The molecule has 2 unspecified atom stereocenters. The number of carboxylic acids is 1. The first-order valence-corrected chi connectivity index (χ1v) is 8.40. The van der Waals surface area contributed by atoms with Crippen molar-refractivity contribution in [3.63, 3.8) is 0 Å². The van der Waals surface area contributed by atoms with Crippen LogP contribution in [0.25, 0.3) is 0 Å². The van der Waals surface area contributed by atoms with Crippen LogP contribution in [0.3, 0.4) is 0 Å². The van der Waals surface area contributed by atoms with Gasteiger partial charge in [0.15, 0.2) is 15.4 Å². The first-order valence-electron chi connectivity index (χ1n) is 6.45. The molecule has 0 aromatic heterocycles.